The molecule has 3 aromatic heterocycles. The van der Waals surface area contributed by atoms with Crippen LogP contribution in [0.25, 0.3) is 10.2 Å². The fourth-order valence-corrected chi connectivity index (χ4v) is 3.51. The van der Waals surface area contributed by atoms with E-state index in [9.17, 15) is 9.59 Å². The van der Waals surface area contributed by atoms with Gasteiger partial charge < -0.3 is 9.73 Å². The van der Waals surface area contributed by atoms with Crippen LogP contribution in [0.15, 0.2) is 28.9 Å². The predicted octanol–water partition coefficient (Wildman–Crippen LogP) is 2.93. The van der Waals surface area contributed by atoms with Crippen LogP contribution in [0.3, 0.4) is 0 Å². The lowest BCUT2D eigenvalue weighted by Crippen LogP contribution is -2.33. The molecule has 0 aliphatic rings. The third kappa shape index (κ3) is 3.05. The number of furan rings is 1. The SMILES string of the molecule is Cc1nn(C)c2sc(C(=O)NC(C)CC(=O)c3ccco3)cc12. The summed E-state index contributed by atoms with van der Waals surface area (Å²) < 4.78 is 6.85. The summed E-state index contributed by atoms with van der Waals surface area (Å²) in [6.07, 6.45) is 1.66. The predicted molar refractivity (Wildman–Crippen MR) is 87.9 cm³/mol. The largest absolute Gasteiger partial charge is 0.461 e. The molecule has 3 heterocycles. The van der Waals surface area contributed by atoms with Gasteiger partial charge in [-0.2, -0.15) is 5.10 Å². The molecular formula is C16H17N3O3S. The van der Waals surface area contributed by atoms with Crippen LogP contribution in [0.1, 0.15) is 39.3 Å². The Morgan fingerprint density at radius 2 is 2.26 bits per heavy atom. The van der Waals surface area contributed by atoms with E-state index in [-0.39, 0.29) is 24.2 Å². The molecule has 1 unspecified atom stereocenters. The molecule has 0 saturated heterocycles. The number of aryl methyl sites for hydroxylation is 2. The van der Waals surface area contributed by atoms with Gasteiger partial charge in [-0.1, -0.05) is 0 Å². The van der Waals surface area contributed by atoms with Crippen molar-refractivity contribution in [3.05, 3.63) is 40.8 Å². The molecule has 3 rings (SSSR count). The van der Waals surface area contributed by atoms with Crippen LogP contribution in [0, 0.1) is 6.92 Å². The maximum absolute atomic E-state index is 12.3. The van der Waals surface area contributed by atoms with Crippen LogP contribution in [-0.4, -0.2) is 27.5 Å². The van der Waals surface area contributed by atoms with Crippen molar-refractivity contribution >= 4 is 33.2 Å². The summed E-state index contributed by atoms with van der Waals surface area (Å²) in [6.45, 7) is 3.72. The highest BCUT2D eigenvalue weighted by molar-refractivity contribution is 7.20. The summed E-state index contributed by atoms with van der Waals surface area (Å²) in [5, 5.41) is 8.17. The highest BCUT2D eigenvalue weighted by atomic mass is 32.1. The number of aromatic nitrogens is 2. The molecule has 0 fully saturated rings. The fourth-order valence-electron chi connectivity index (χ4n) is 2.48. The Bertz CT molecular complexity index is 826. The second-order valence-corrected chi connectivity index (χ2v) is 6.55. The van der Waals surface area contributed by atoms with E-state index < -0.39 is 0 Å². The van der Waals surface area contributed by atoms with Gasteiger partial charge in [0.2, 0.25) is 0 Å². The Morgan fingerprint density at radius 3 is 2.91 bits per heavy atom. The van der Waals surface area contributed by atoms with E-state index in [1.54, 1.807) is 23.7 Å². The highest BCUT2D eigenvalue weighted by Gasteiger charge is 2.19. The number of nitrogens with zero attached hydrogens (tertiary/aromatic N) is 2. The van der Waals surface area contributed by atoms with E-state index >= 15 is 0 Å². The van der Waals surface area contributed by atoms with Crippen LogP contribution >= 0.6 is 11.3 Å². The number of Topliss-reactive ketones (excluding diaryl/α,β-unsaturated/α-hetero) is 1. The first-order valence-electron chi connectivity index (χ1n) is 7.26. The van der Waals surface area contributed by atoms with E-state index in [2.05, 4.69) is 10.4 Å². The molecule has 0 aromatic carbocycles. The monoisotopic (exact) mass is 331 g/mol. The number of hydrogen-bond donors (Lipinski definition) is 1. The zero-order valence-corrected chi connectivity index (χ0v) is 13.9. The van der Waals surface area contributed by atoms with Gasteiger partial charge in [0.1, 0.15) is 4.83 Å². The van der Waals surface area contributed by atoms with Gasteiger partial charge in [-0.3, -0.25) is 14.3 Å². The number of rotatable bonds is 5. The molecule has 0 spiro atoms. The Hall–Kier alpha value is -2.41. The summed E-state index contributed by atoms with van der Waals surface area (Å²) in [7, 11) is 1.86. The third-order valence-electron chi connectivity index (χ3n) is 3.59. The number of nitrogens with one attached hydrogen (secondary N) is 1. The number of amides is 1. The van der Waals surface area contributed by atoms with Crippen molar-refractivity contribution in [2.45, 2.75) is 26.3 Å². The summed E-state index contributed by atoms with van der Waals surface area (Å²) in [6, 6.07) is 4.87. The summed E-state index contributed by atoms with van der Waals surface area (Å²) in [5.74, 6) is 0.0131. The molecule has 120 valence electrons. The molecule has 1 N–H and O–H groups in total. The number of hydrogen-bond acceptors (Lipinski definition) is 5. The molecule has 0 aliphatic heterocycles. The van der Waals surface area contributed by atoms with Crippen molar-refractivity contribution in [3.8, 4) is 0 Å². The minimum atomic E-state index is -0.274. The number of fused-ring (bicyclic) bond motifs is 1. The van der Waals surface area contributed by atoms with Gasteiger partial charge in [0.05, 0.1) is 16.8 Å². The van der Waals surface area contributed by atoms with Crippen molar-refractivity contribution in [1.29, 1.82) is 0 Å². The number of carbonyl (C=O) groups is 2. The zero-order valence-electron chi connectivity index (χ0n) is 13.1. The first kappa shape index (κ1) is 15.5. The van der Waals surface area contributed by atoms with Gasteiger partial charge in [0.25, 0.3) is 5.91 Å². The van der Waals surface area contributed by atoms with Gasteiger partial charge in [-0.05, 0) is 32.0 Å². The lowest BCUT2D eigenvalue weighted by molar-refractivity contribution is 0.0909. The average Bonchev–Trinajstić information content (AvgIpc) is 3.19. The van der Waals surface area contributed by atoms with Crippen molar-refractivity contribution in [2.75, 3.05) is 0 Å². The van der Waals surface area contributed by atoms with E-state index in [4.69, 9.17) is 4.42 Å². The number of carbonyl (C=O) groups excluding carboxylic acids is 2. The van der Waals surface area contributed by atoms with E-state index in [1.807, 2.05) is 20.0 Å². The Morgan fingerprint density at radius 1 is 1.48 bits per heavy atom. The van der Waals surface area contributed by atoms with Crippen molar-refractivity contribution < 1.29 is 14.0 Å². The van der Waals surface area contributed by atoms with Crippen LogP contribution in [0.4, 0.5) is 0 Å². The minimum Gasteiger partial charge on any atom is -0.461 e. The lowest BCUT2D eigenvalue weighted by atomic mass is 10.1. The summed E-state index contributed by atoms with van der Waals surface area (Å²) in [4.78, 5) is 25.9. The average molecular weight is 331 g/mol. The molecule has 0 radical (unpaired) electrons. The zero-order chi connectivity index (χ0) is 16.6. The van der Waals surface area contributed by atoms with Gasteiger partial charge in [0.15, 0.2) is 11.5 Å². The smallest absolute Gasteiger partial charge is 0.261 e. The maximum atomic E-state index is 12.3. The van der Waals surface area contributed by atoms with Crippen molar-refractivity contribution in [3.63, 3.8) is 0 Å². The Balaban J connectivity index is 1.67. The first-order chi connectivity index (χ1) is 11.0. The van der Waals surface area contributed by atoms with E-state index in [0.717, 1.165) is 15.9 Å². The molecule has 0 aliphatic carbocycles. The lowest BCUT2D eigenvalue weighted by Gasteiger charge is -2.11. The normalized spacial score (nSPS) is 12.5. The topological polar surface area (TPSA) is 77.1 Å². The first-order valence-corrected chi connectivity index (χ1v) is 8.08. The van der Waals surface area contributed by atoms with Gasteiger partial charge in [-0.15, -0.1) is 11.3 Å². The van der Waals surface area contributed by atoms with Crippen molar-refractivity contribution in [1.82, 2.24) is 15.1 Å². The fraction of sp³-hybridized carbons (Fsp3) is 0.312. The van der Waals surface area contributed by atoms with Gasteiger partial charge >= 0.3 is 0 Å². The van der Waals surface area contributed by atoms with E-state index in [0.29, 0.717) is 10.6 Å². The quantitative estimate of drug-likeness (QED) is 0.729. The summed E-state index contributed by atoms with van der Waals surface area (Å²) in [5.41, 5.74) is 0.902. The third-order valence-corrected chi connectivity index (χ3v) is 4.79. The van der Waals surface area contributed by atoms with Crippen molar-refractivity contribution in [2.24, 2.45) is 7.05 Å². The second kappa shape index (κ2) is 6.00. The molecule has 1 amide bonds. The van der Waals surface area contributed by atoms with Gasteiger partial charge in [-0.25, -0.2) is 0 Å². The minimum absolute atomic E-state index is 0.126. The van der Waals surface area contributed by atoms with Crippen LogP contribution in [0.5, 0.6) is 0 Å². The molecule has 23 heavy (non-hydrogen) atoms. The van der Waals surface area contributed by atoms with Crippen LogP contribution < -0.4 is 5.32 Å². The highest BCUT2D eigenvalue weighted by Crippen LogP contribution is 2.27. The standard InChI is InChI=1S/C16H17N3O3S/c1-9(7-12(20)13-5-4-6-22-13)17-15(21)14-8-11-10(2)18-19(3)16(11)23-14/h4-6,8-9H,7H2,1-3H3,(H,17,21). The molecule has 3 aromatic rings. The molecule has 0 bridgehead atoms. The van der Waals surface area contributed by atoms with E-state index in [1.165, 1.54) is 17.6 Å². The maximum Gasteiger partial charge on any atom is 0.261 e. The molecular weight excluding hydrogens is 314 g/mol. The Kier molecular flexibility index (Phi) is 4.04. The number of thiophene rings is 1. The molecule has 0 saturated carbocycles. The molecule has 6 nitrogen and oxygen atoms in total. The Labute approximate surface area is 137 Å². The number of ketones is 1. The second-order valence-electron chi connectivity index (χ2n) is 5.52. The van der Waals surface area contributed by atoms with Crippen LogP contribution in [-0.2, 0) is 7.05 Å². The van der Waals surface area contributed by atoms with Crippen LogP contribution in [0.2, 0.25) is 0 Å². The molecule has 7 heteroatoms. The molecule has 1 atom stereocenters. The van der Waals surface area contributed by atoms with Gasteiger partial charge in [0, 0.05) is 24.9 Å². The summed E-state index contributed by atoms with van der Waals surface area (Å²) >= 11 is 1.40.